The maximum absolute atomic E-state index is 12.9. The maximum Gasteiger partial charge on any atom is 0.340 e. The van der Waals surface area contributed by atoms with Gasteiger partial charge in [0.05, 0.1) is 19.3 Å². The second-order valence-corrected chi connectivity index (χ2v) is 12.3. The Hall–Kier alpha value is -2.65. The van der Waals surface area contributed by atoms with Crippen molar-refractivity contribution in [2.75, 3.05) is 19.6 Å². The number of carbonyl (C=O) groups is 1. The summed E-state index contributed by atoms with van der Waals surface area (Å²) in [7, 11) is -6.94. The third-order valence-electron chi connectivity index (χ3n) is 5.41. The summed E-state index contributed by atoms with van der Waals surface area (Å²) in [5, 5.41) is 24.5. The van der Waals surface area contributed by atoms with Crippen molar-refractivity contribution in [2.45, 2.75) is 31.1 Å². The van der Waals surface area contributed by atoms with Gasteiger partial charge in [-0.3, -0.25) is 18.3 Å². The number of hydrogen-bond acceptors (Lipinski definition) is 11. The summed E-state index contributed by atoms with van der Waals surface area (Å²) in [5.41, 5.74) is 0.439. The highest BCUT2D eigenvalue weighted by molar-refractivity contribution is 7.70. The lowest BCUT2D eigenvalue weighted by Crippen LogP contribution is -2.42. The zero-order valence-corrected chi connectivity index (χ0v) is 21.9. The molecule has 1 aliphatic heterocycles. The Bertz CT molecular complexity index is 1370. The number of rotatable bonds is 10. The number of hydrogen-bond donors (Lipinski definition) is 5. The molecule has 1 aromatic carbocycles. The molecule has 2 aromatic rings. The van der Waals surface area contributed by atoms with Crippen molar-refractivity contribution in [3.05, 3.63) is 63.6 Å². The van der Waals surface area contributed by atoms with Crippen LogP contribution >= 0.6 is 15.2 Å². The minimum absolute atomic E-state index is 0.0274. The summed E-state index contributed by atoms with van der Waals surface area (Å²) in [5.74, 6) is -1.92. The number of aliphatic hydroxyl groups excluding tert-OH is 2. The SMILES string of the molecule is COC(=O)c1ccc(CO/N=c2/ccn([C@@H]3O[C@H](COP(=O)(O)CP(=O)(O)O)C(O)C3O)c(=O)n2C)cc1. The first-order valence-electron chi connectivity index (χ1n) is 10.9. The largest absolute Gasteiger partial charge is 0.465 e. The van der Waals surface area contributed by atoms with Gasteiger partial charge in [0.25, 0.3) is 0 Å². The molecule has 0 saturated carbocycles. The Balaban J connectivity index is 1.68. The topological polar surface area (TPSA) is 229 Å². The third-order valence-corrected chi connectivity index (χ3v) is 8.87. The summed E-state index contributed by atoms with van der Waals surface area (Å²) in [6, 6.07) is 7.78. The molecule has 0 bridgehead atoms. The lowest BCUT2D eigenvalue weighted by atomic mass is 10.1. The van der Waals surface area contributed by atoms with E-state index in [0.29, 0.717) is 11.1 Å². The van der Waals surface area contributed by atoms with Gasteiger partial charge < -0.3 is 43.7 Å². The molecular weight excluding hydrogens is 552 g/mol. The van der Waals surface area contributed by atoms with Gasteiger partial charge in [-0.1, -0.05) is 17.3 Å². The van der Waals surface area contributed by atoms with E-state index in [2.05, 4.69) is 14.4 Å². The molecule has 210 valence electrons. The Labute approximate surface area is 215 Å². The molecule has 16 nitrogen and oxygen atoms in total. The summed E-state index contributed by atoms with van der Waals surface area (Å²) in [6.07, 6.45) is -4.87. The molecule has 3 rings (SSSR count). The number of benzene rings is 1. The smallest absolute Gasteiger partial charge is 0.340 e. The normalized spacial score (nSPS) is 23.7. The Morgan fingerprint density at radius 2 is 1.76 bits per heavy atom. The molecule has 18 heteroatoms. The Morgan fingerprint density at radius 1 is 1.11 bits per heavy atom. The van der Waals surface area contributed by atoms with Crippen LogP contribution in [0.1, 0.15) is 22.1 Å². The highest BCUT2D eigenvalue weighted by atomic mass is 31.2. The van der Waals surface area contributed by atoms with Crippen LogP contribution in [0, 0.1) is 0 Å². The molecule has 1 fully saturated rings. The summed E-state index contributed by atoms with van der Waals surface area (Å²) < 4.78 is 39.6. The molecule has 5 N–H and O–H groups in total. The minimum atomic E-state index is -4.86. The summed E-state index contributed by atoms with van der Waals surface area (Å²) in [4.78, 5) is 57.0. The van der Waals surface area contributed by atoms with E-state index in [4.69, 9.17) is 19.4 Å². The first-order valence-corrected chi connectivity index (χ1v) is 14.4. The van der Waals surface area contributed by atoms with Crippen molar-refractivity contribution in [2.24, 2.45) is 12.2 Å². The average molecular weight is 579 g/mol. The Kier molecular flexibility index (Phi) is 9.47. The van der Waals surface area contributed by atoms with E-state index >= 15 is 0 Å². The quantitative estimate of drug-likeness (QED) is 0.129. The van der Waals surface area contributed by atoms with Crippen LogP contribution in [0.4, 0.5) is 0 Å². The zero-order chi connectivity index (χ0) is 28.3. The van der Waals surface area contributed by atoms with Crippen molar-refractivity contribution in [1.29, 1.82) is 0 Å². The second-order valence-electron chi connectivity index (χ2n) is 8.26. The first-order chi connectivity index (χ1) is 17.7. The molecule has 0 amide bonds. The number of carbonyl (C=O) groups excluding carboxylic acids is 1. The van der Waals surface area contributed by atoms with E-state index in [1.807, 2.05) is 0 Å². The van der Waals surface area contributed by atoms with E-state index < -0.39 is 63.9 Å². The van der Waals surface area contributed by atoms with Gasteiger partial charge in [0.1, 0.15) is 24.9 Å². The molecule has 3 unspecified atom stereocenters. The van der Waals surface area contributed by atoms with E-state index in [1.165, 1.54) is 26.4 Å². The fourth-order valence-corrected chi connectivity index (χ4v) is 6.04. The molecular formula is C20H27N3O13P2. The van der Waals surface area contributed by atoms with Crippen LogP contribution in [0.3, 0.4) is 0 Å². The van der Waals surface area contributed by atoms with Crippen LogP contribution in [0.25, 0.3) is 0 Å². The van der Waals surface area contributed by atoms with E-state index in [-0.39, 0.29) is 12.1 Å². The van der Waals surface area contributed by atoms with Crippen LogP contribution in [0.15, 0.2) is 46.5 Å². The lowest BCUT2D eigenvalue weighted by Gasteiger charge is -2.19. The second kappa shape index (κ2) is 12.0. The van der Waals surface area contributed by atoms with E-state index in [1.54, 1.807) is 24.3 Å². The van der Waals surface area contributed by atoms with E-state index in [9.17, 15) is 33.8 Å². The number of aromatic nitrogens is 2. The van der Waals surface area contributed by atoms with Gasteiger partial charge in [-0.15, -0.1) is 0 Å². The van der Waals surface area contributed by atoms with Gasteiger partial charge in [0.15, 0.2) is 17.6 Å². The zero-order valence-electron chi connectivity index (χ0n) is 20.1. The Morgan fingerprint density at radius 3 is 2.37 bits per heavy atom. The van der Waals surface area contributed by atoms with Gasteiger partial charge in [0.2, 0.25) is 0 Å². The molecule has 0 spiro atoms. The van der Waals surface area contributed by atoms with Crippen molar-refractivity contribution >= 4 is 21.2 Å². The van der Waals surface area contributed by atoms with Crippen molar-refractivity contribution in [3.63, 3.8) is 0 Å². The maximum atomic E-state index is 12.9. The molecule has 1 aromatic heterocycles. The van der Waals surface area contributed by atoms with Crippen molar-refractivity contribution in [1.82, 2.24) is 9.13 Å². The molecule has 0 aliphatic carbocycles. The predicted molar refractivity (Wildman–Crippen MR) is 126 cm³/mol. The van der Waals surface area contributed by atoms with Gasteiger partial charge in [-0.25, -0.2) is 9.59 Å². The van der Waals surface area contributed by atoms with Crippen LogP contribution in [0.5, 0.6) is 0 Å². The van der Waals surface area contributed by atoms with Gasteiger partial charge in [-0.2, -0.15) is 0 Å². The molecule has 5 atom stereocenters. The van der Waals surface area contributed by atoms with Crippen molar-refractivity contribution in [3.8, 4) is 0 Å². The number of nitrogens with zero attached hydrogens (tertiary/aromatic N) is 3. The fourth-order valence-electron chi connectivity index (χ4n) is 3.47. The molecule has 38 heavy (non-hydrogen) atoms. The molecule has 2 heterocycles. The molecule has 1 saturated heterocycles. The summed E-state index contributed by atoms with van der Waals surface area (Å²) in [6.45, 7) is -0.759. The van der Waals surface area contributed by atoms with Crippen molar-refractivity contribution < 1.29 is 57.7 Å². The number of aliphatic hydroxyl groups is 2. The highest BCUT2D eigenvalue weighted by Crippen LogP contribution is 2.55. The van der Waals surface area contributed by atoms with Gasteiger partial charge >= 0.3 is 26.9 Å². The highest BCUT2D eigenvalue weighted by Gasteiger charge is 2.45. The van der Waals surface area contributed by atoms with E-state index in [0.717, 1.165) is 9.13 Å². The predicted octanol–water partition coefficient (Wildman–Crippen LogP) is -1.04. The standard InChI is InChI=1S/C20H27N3O13P2/c1-22-15(21-34-9-12-3-5-13(6-4-12)19(26)33-2)7-8-23(20(22)27)18-17(25)16(24)14(36-18)10-35-38(31,32)11-37(28,29)30/h3-8,14,16-18,24-25H,9-11H2,1-2H3,(H,31,32)(H2,28,29,30)/b21-15-/t14-,16?,17?,18-/m1/s1. The monoisotopic (exact) mass is 579 g/mol. The summed E-state index contributed by atoms with van der Waals surface area (Å²) >= 11 is 0. The minimum Gasteiger partial charge on any atom is -0.465 e. The van der Waals surface area contributed by atoms with Crippen LogP contribution < -0.4 is 11.2 Å². The number of ether oxygens (including phenoxy) is 2. The average Bonchev–Trinajstić information content (AvgIpc) is 3.12. The van der Waals surface area contributed by atoms with Gasteiger partial charge in [-0.05, 0) is 17.7 Å². The fraction of sp³-hybridized carbons (Fsp3) is 0.450. The first kappa shape index (κ1) is 29.9. The van der Waals surface area contributed by atoms with Gasteiger partial charge in [0, 0.05) is 19.3 Å². The third kappa shape index (κ3) is 7.47. The lowest BCUT2D eigenvalue weighted by molar-refractivity contribution is -0.0530. The molecule has 1 aliphatic rings. The van der Waals surface area contributed by atoms with Crippen LogP contribution in [0.2, 0.25) is 0 Å². The van der Waals surface area contributed by atoms with Crippen LogP contribution in [-0.4, -0.2) is 77.9 Å². The van der Waals surface area contributed by atoms with Crippen LogP contribution in [-0.2, 0) is 41.6 Å². The number of methoxy groups -OCH3 is 1. The molecule has 0 radical (unpaired) electrons. The number of esters is 1.